The second-order valence-electron chi connectivity index (χ2n) is 3.82. The number of aromatic nitrogens is 1. The molecule has 0 fully saturated rings. The molecule has 1 unspecified atom stereocenters. The highest BCUT2D eigenvalue weighted by Gasteiger charge is 2.24. The van der Waals surface area contributed by atoms with E-state index in [1.165, 1.54) is 11.3 Å². The summed E-state index contributed by atoms with van der Waals surface area (Å²) >= 11 is 2.15. The van der Waals surface area contributed by atoms with E-state index in [0.29, 0.717) is 15.4 Å². The van der Waals surface area contributed by atoms with Crippen LogP contribution in [0, 0.1) is 11.3 Å². The summed E-state index contributed by atoms with van der Waals surface area (Å²) in [4.78, 5) is 25.9. The Morgan fingerprint density at radius 2 is 2.20 bits per heavy atom. The van der Waals surface area contributed by atoms with E-state index < -0.39 is 23.6 Å². The van der Waals surface area contributed by atoms with E-state index in [1.807, 2.05) is 6.07 Å². The highest BCUT2D eigenvalue weighted by molar-refractivity contribution is 8.02. The maximum Gasteiger partial charge on any atom is 0.317 e. The number of nitriles is 1. The molecule has 8 heteroatoms. The van der Waals surface area contributed by atoms with E-state index in [9.17, 15) is 9.59 Å². The van der Waals surface area contributed by atoms with E-state index in [1.54, 1.807) is 18.2 Å². The number of fused-ring (bicyclic) bond motifs is 1. The number of hydrogen-bond acceptors (Lipinski definition) is 6. The Bertz CT molecular complexity index is 720. The van der Waals surface area contributed by atoms with Gasteiger partial charge in [-0.25, -0.2) is 4.98 Å². The molecule has 1 aromatic carbocycles. The predicted octanol–water partition coefficient (Wildman–Crippen LogP) is 2.19. The third-order valence-corrected chi connectivity index (χ3v) is 4.67. The Hall–Kier alpha value is -2.11. The summed E-state index contributed by atoms with van der Waals surface area (Å²) in [6.07, 6.45) is -0.473. The van der Waals surface area contributed by atoms with Crippen LogP contribution in [0.2, 0.25) is 0 Å². The van der Waals surface area contributed by atoms with Crippen molar-refractivity contribution in [3.63, 3.8) is 0 Å². The van der Waals surface area contributed by atoms with Gasteiger partial charge in [0.05, 0.1) is 28.3 Å². The van der Waals surface area contributed by atoms with E-state index in [4.69, 9.17) is 15.5 Å². The average molecular weight is 308 g/mol. The van der Waals surface area contributed by atoms with Gasteiger partial charge in [-0.2, -0.15) is 5.26 Å². The van der Waals surface area contributed by atoms with Crippen molar-refractivity contribution in [1.82, 2.24) is 4.98 Å². The van der Waals surface area contributed by atoms with Crippen LogP contribution in [0.1, 0.15) is 12.0 Å². The molecular formula is C12H8N2O4S2. The molecule has 0 aliphatic rings. The molecule has 0 amide bonds. The van der Waals surface area contributed by atoms with Crippen molar-refractivity contribution in [1.29, 1.82) is 5.26 Å². The SMILES string of the molecule is N#Cc1ccc2nc(SC(CC(=O)O)C(=O)O)sc2c1. The molecule has 2 N–H and O–H groups in total. The quantitative estimate of drug-likeness (QED) is 0.814. The normalized spacial score (nSPS) is 11.9. The first kappa shape index (κ1) is 14.3. The van der Waals surface area contributed by atoms with Gasteiger partial charge in [0.25, 0.3) is 0 Å². The Balaban J connectivity index is 2.26. The van der Waals surface area contributed by atoms with Crippen LogP contribution in [0.5, 0.6) is 0 Å². The average Bonchev–Trinajstić information content (AvgIpc) is 2.78. The first-order chi connectivity index (χ1) is 9.49. The smallest absolute Gasteiger partial charge is 0.317 e. The number of aliphatic carboxylic acids is 2. The van der Waals surface area contributed by atoms with Crippen molar-refractivity contribution in [3.8, 4) is 6.07 Å². The lowest BCUT2D eigenvalue weighted by Gasteiger charge is -2.06. The molecule has 102 valence electrons. The van der Waals surface area contributed by atoms with E-state index in [2.05, 4.69) is 4.98 Å². The highest BCUT2D eigenvalue weighted by atomic mass is 32.2. The minimum Gasteiger partial charge on any atom is -0.481 e. The third-order valence-electron chi connectivity index (χ3n) is 2.38. The van der Waals surface area contributed by atoms with Gasteiger partial charge in [-0.3, -0.25) is 9.59 Å². The van der Waals surface area contributed by atoms with Gasteiger partial charge >= 0.3 is 11.9 Å². The Morgan fingerprint density at radius 3 is 2.80 bits per heavy atom. The number of thiazole rings is 1. The Labute approximate surface area is 121 Å². The van der Waals surface area contributed by atoms with Crippen LogP contribution in [0.3, 0.4) is 0 Å². The lowest BCUT2D eigenvalue weighted by atomic mass is 10.2. The molecule has 0 aliphatic carbocycles. The lowest BCUT2D eigenvalue weighted by molar-refractivity contribution is -0.142. The number of carboxylic acids is 2. The van der Waals surface area contributed by atoms with Crippen molar-refractivity contribution in [2.75, 3.05) is 0 Å². The van der Waals surface area contributed by atoms with Crippen molar-refractivity contribution < 1.29 is 19.8 Å². The Morgan fingerprint density at radius 1 is 1.45 bits per heavy atom. The van der Waals surface area contributed by atoms with Crippen LogP contribution in [-0.4, -0.2) is 32.4 Å². The molecule has 2 rings (SSSR count). The number of nitrogens with zero attached hydrogens (tertiary/aromatic N) is 2. The lowest BCUT2D eigenvalue weighted by Crippen LogP contribution is -2.20. The first-order valence-electron chi connectivity index (χ1n) is 5.41. The molecule has 1 aromatic heterocycles. The largest absolute Gasteiger partial charge is 0.481 e. The fraction of sp³-hybridized carbons (Fsp3) is 0.167. The van der Waals surface area contributed by atoms with E-state index in [0.717, 1.165) is 16.5 Å². The van der Waals surface area contributed by atoms with Crippen LogP contribution < -0.4 is 0 Å². The van der Waals surface area contributed by atoms with Gasteiger partial charge in [-0.15, -0.1) is 11.3 Å². The second kappa shape index (κ2) is 5.90. The van der Waals surface area contributed by atoms with Crippen molar-refractivity contribution in [2.45, 2.75) is 16.0 Å². The summed E-state index contributed by atoms with van der Waals surface area (Å²) in [5.41, 5.74) is 1.16. The van der Waals surface area contributed by atoms with Gasteiger partial charge < -0.3 is 10.2 Å². The second-order valence-corrected chi connectivity index (χ2v) is 6.30. The minimum absolute atomic E-state index is 0.473. The topological polar surface area (TPSA) is 111 Å². The number of thioether (sulfide) groups is 1. The summed E-state index contributed by atoms with van der Waals surface area (Å²) in [6.45, 7) is 0. The molecule has 0 saturated carbocycles. The molecule has 0 radical (unpaired) electrons. The van der Waals surface area contributed by atoms with Gasteiger partial charge in [0, 0.05) is 0 Å². The number of benzene rings is 1. The predicted molar refractivity (Wildman–Crippen MR) is 73.9 cm³/mol. The molecule has 0 spiro atoms. The molecule has 1 heterocycles. The summed E-state index contributed by atoms with van der Waals surface area (Å²) in [6, 6.07) is 6.99. The van der Waals surface area contributed by atoms with Gasteiger partial charge in [0.1, 0.15) is 5.25 Å². The Kier molecular flexibility index (Phi) is 4.22. The summed E-state index contributed by atoms with van der Waals surface area (Å²) in [5.74, 6) is -2.35. The molecule has 2 aromatic rings. The van der Waals surface area contributed by atoms with Crippen molar-refractivity contribution in [2.24, 2.45) is 0 Å². The third kappa shape index (κ3) is 3.26. The number of carbonyl (C=O) groups is 2. The summed E-state index contributed by atoms with van der Waals surface area (Å²) in [5, 5.41) is 25.4. The molecule has 20 heavy (non-hydrogen) atoms. The molecular weight excluding hydrogens is 300 g/mol. The summed E-state index contributed by atoms with van der Waals surface area (Å²) < 4.78 is 1.25. The molecule has 1 atom stereocenters. The van der Waals surface area contributed by atoms with Gasteiger partial charge in [-0.05, 0) is 18.2 Å². The molecule has 0 aliphatic heterocycles. The first-order valence-corrected chi connectivity index (χ1v) is 7.11. The number of carboxylic acid groups (broad SMARTS) is 2. The standard InChI is InChI=1S/C12H8N2O4S2/c13-5-6-1-2-7-8(3-6)19-12(14-7)20-9(11(17)18)4-10(15)16/h1-3,9H,4H2,(H,15,16)(H,17,18). The van der Waals surface area contributed by atoms with Gasteiger partial charge in [0.15, 0.2) is 4.34 Å². The zero-order valence-electron chi connectivity index (χ0n) is 9.94. The van der Waals surface area contributed by atoms with Crippen LogP contribution in [0.25, 0.3) is 10.2 Å². The van der Waals surface area contributed by atoms with E-state index >= 15 is 0 Å². The minimum atomic E-state index is -1.19. The molecule has 6 nitrogen and oxygen atoms in total. The zero-order chi connectivity index (χ0) is 14.7. The summed E-state index contributed by atoms with van der Waals surface area (Å²) in [7, 11) is 0. The molecule has 0 bridgehead atoms. The van der Waals surface area contributed by atoms with Crippen LogP contribution in [0.15, 0.2) is 22.5 Å². The fourth-order valence-corrected chi connectivity index (χ4v) is 3.75. The van der Waals surface area contributed by atoms with Gasteiger partial charge in [-0.1, -0.05) is 11.8 Å². The number of rotatable bonds is 5. The van der Waals surface area contributed by atoms with Crippen LogP contribution in [0.4, 0.5) is 0 Å². The van der Waals surface area contributed by atoms with Crippen LogP contribution >= 0.6 is 23.1 Å². The monoisotopic (exact) mass is 308 g/mol. The van der Waals surface area contributed by atoms with Crippen LogP contribution in [-0.2, 0) is 9.59 Å². The highest BCUT2D eigenvalue weighted by Crippen LogP contribution is 2.33. The van der Waals surface area contributed by atoms with E-state index in [-0.39, 0.29) is 0 Å². The van der Waals surface area contributed by atoms with Gasteiger partial charge in [0.2, 0.25) is 0 Å². The fourth-order valence-electron chi connectivity index (χ4n) is 1.48. The number of hydrogen-bond donors (Lipinski definition) is 2. The maximum atomic E-state index is 11.0. The molecule has 0 saturated heterocycles. The van der Waals surface area contributed by atoms with Crippen molar-refractivity contribution in [3.05, 3.63) is 23.8 Å². The van der Waals surface area contributed by atoms with Crippen molar-refractivity contribution >= 4 is 45.3 Å². The maximum absolute atomic E-state index is 11.0. The zero-order valence-corrected chi connectivity index (χ0v) is 11.6.